The zero-order valence-corrected chi connectivity index (χ0v) is 14.3. The number of thiazole rings is 1. The van der Waals surface area contributed by atoms with Crippen LogP contribution >= 0.6 is 11.3 Å². The van der Waals surface area contributed by atoms with Crippen molar-refractivity contribution in [2.75, 3.05) is 24.4 Å². The van der Waals surface area contributed by atoms with Crippen LogP contribution in [-0.2, 0) is 0 Å². The molecule has 6 heteroatoms. The van der Waals surface area contributed by atoms with Gasteiger partial charge in [-0.1, -0.05) is 12.1 Å². The summed E-state index contributed by atoms with van der Waals surface area (Å²) < 4.78 is 0. The lowest BCUT2D eigenvalue weighted by atomic mass is 10.2. The summed E-state index contributed by atoms with van der Waals surface area (Å²) in [4.78, 5) is 6.54. The largest absolute Gasteiger partial charge is 0.508 e. The van der Waals surface area contributed by atoms with Crippen molar-refractivity contribution in [2.24, 2.45) is 5.10 Å². The zero-order valence-electron chi connectivity index (χ0n) is 13.5. The first kappa shape index (κ1) is 16.0. The van der Waals surface area contributed by atoms with Crippen LogP contribution < -0.4 is 10.3 Å². The number of rotatable bonds is 5. The van der Waals surface area contributed by atoms with Crippen molar-refractivity contribution in [1.82, 2.24) is 4.98 Å². The lowest BCUT2D eigenvalue weighted by Crippen LogP contribution is -2.08. The monoisotopic (exact) mass is 338 g/mol. The molecule has 0 fully saturated rings. The van der Waals surface area contributed by atoms with Gasteiger partial charge in [-0.05, 0) is 42.0 Å². The molecule has 2 N–H and O–H groups in total. The van der Waals surface area contributed by atoms with Gasteiger partial charge in [-0.3, -0.25) is 5.43 Å². The Bertz CT molecular complexity index is 823. The standard InChI is InChI=1S/C18H18N4OS/c1-22(2)15-7-3-13(4-8-15)11-19-21-18-20-17(12-24-18)14-5-9-16(23)10-6-14/h3-12,23H,1-2H3,(H,20,21)/b19-11+. The smallest absolute Gasteiger partial charge is 0.203 e. The van der Waals surface area contributed by atoms with Crippen LogP contribution in [0.4, 0.5) is 10.8 Å². The topological polar surface area (TPSA) is 60.8 Å². The van der Waals surface area contributed by atoms with Gasteiger partial charge in [0.25, 0.3) is 0 Å². The quantitative estimate of drug-likeness (QED) is 0.545. The molecule has 0 spiro atoms. The van der Waals surface area contributed by atoms with Crippen molar-refractivity contribution in [3.05, 3.63) is 59.5 Å². The second-order valence-corrected chi connectivity index (χ2v) is 6.30. The fourth-order valence-corrected chi connectivity index (χ4v) is 2.78. The average molecular weight is 338 g/mol. The van der Waals surface area contributed by atoms with E-state index in [-0.39, 0.29) is 5.75 Å². The Morgan fingerprint density at radius 3 is 2.46 bits per heavy atom. The summed E-state index contributed by atoms with van der Waals surface area (Å²) in [5.41, 5.74) is 6.93. The van der Waals surface area contributed by atoms with Crippen LogP contribution in [0.25, 0.3) is 11.3 Å². The highest BCUT2D eigenvalue weighted by Gasteiger charge is 2.03. The van der Waals surface area contributed by atoms with Gasteiger partial charge in [0.05, 0.1) is 11.9 Å². The molecule has 0 amide bonds. The van der Waals surface area contributed by atoms with Crippen LogP contribution in [0, 0.1) is 0 Å². The Morgan fingerprint density at radius 1 is 1.08 bits per heavy atom. The molecule has 0 radical (unpaired) electrons. The zero-order chi connectivity index (χ0) is 16.9. The molecule has 0 bridgehead atoms. The van der Waals surface area contributed by atoms with Gasteiger partial charge >= 0.3 is 0 Å². The predicted octanol–water partition coefficient (Wildman–Crippen LogP) is 4.03. The van der Waals surface area contributed by atoms with E-state index < -0.39 is 0 Å². The van der Waals surface area contributed by atoms with E-state index in [1.165, 1.54) is 11.3 Å². The number of nitrogens with one attached hydrogen (secondary N) is 1. The third-order valence-corrected chi connectivity index (χ3v) is 4.20. The number of anilines is 2. The number of hydrogen-bond donors (Lipinski definition) is 2. The second kappa shape index (κ2) is 7.14. The highest BCUT2D eigenvalue weighted by Crippen LogP contribution is 2.26. The maximum absolute atomic E-state index is 9.33. The summed E-state index contributed by atoms with van der Waals surface area (Å²) in [5, 5.41) is 16.2. The van der Waals surface area contributed by atoms with Gasteiger partial charge in [-0.2, -0.15) is 5.10 Å². The minimum Gasteiger partial charge on any atom is -0.508 e. The summed E-state index contributed by atoms with van der Waals surface area (Å²) in [6.45, 7) is 0. The van der Waals surface area contributed by atoms with Crippen LogP contribution in [0.2, 0.25) is 0 Å². The van der Waals surface area contributed by atoms with Crippen molar-refractivity contribution < 1.29 is 5.11 Å². The molecular weight excluding hydrogens is 320 g/mol. The van der Waals surface area contributed by atoms with Gasteiger partial charge in [0.2, 0.25) is 5.13 Å². The lowest BCUT2D eigenvalue weighted by Gasteiger charge is -2.11. The van der Waals surface area contributed by atoms with E-state index in [1.54, 1.807) is 18.3 Å². The van der Waals surface area contributed by atoms with Crippen LogP contribution in [0.5, 0.6) is 5.75 Å². The first-order chi connectivity index (χ1) is 11.6. The molecule has 1 heterocycles. The molecule has 24 heavy (non-hydrogen) atoms. The summed E-state index contributed by atoms with van der Waals surface area (Å²) in [5.74, 6) is 0.247. The first-order valence-electron chi connectivity index (χ1n) is 7.43. The molecular formula is C18H18N4OS. The molecule has 0 aliphatic heterocycles. The van der Waals surface area contributed by atoms with Crippen molar-refractivity contribution in [3.63, 3.8) is 0 Å². The predicted molar refractivity (Wildman–Crippen MR) is 101 cm³/mol. The van der Waals surface area contributed by atoms with E-state index in [0.717, 1.165) is 27.6 Å². The van der Waals surface area contributed by atoms with Gasteiger partial charge in [-0.25, -0.2) is 4.98 Å². The summed E-state index contributed by atoms with van der Waals surface area (Å²) in [6.07, 6.45) is 1.76. The molecule has 0 aliphatic rings. The number of aromatic hydroxyl groups is 1. The number of hydrogen-bond acceptors (Lipinski definition) is 6. The van der Waals surface area contributed by atoms with Crippen molar-refractivity contribution in [3.8, 4) is 17.0 Å². The highest BCUT2D eigenvalue weighted by atomic mass is 32.1. The first-order valence-corrected chi connectivity index (χ1v) is 8.31. The van der Waals surface area contributed by atoms with E-state index in [9.17, 15) is 5.11 Å². The molecule has 122 valence electrons. The van der Waals surface area contributed by atoms with E-state index in [0.29, 0.717) is 0 Å². The minimum absolute atomic E-state index is 0.247. The van der Waals surface area contributed by atoms with Gasteiger partial charge < -0.3 is 10.0 Å². The number of phenols is 1. The molecule has 0 atom stereocenters. The fraction of sp³-hybridized carbons (Fsp3) is 0.111. The van der Waals surface area contributed by atoms with E-state index in [2.05, 4.69) is 20.4 Å². The van der Waals surface area contributed by atoms with Crippen LogP contribution in [-0.4, -0.2) is 30.4 Å². The van der Waals surface area contributed by atoms with Crippen molar-refractivity contribution in [1.29, 1.82) is 0 Å². The maximum atomic E-state index is 9.33. The lowest BCUT2D eigenvalue weighted by molar-refractivity contribution is 0.475. The van der Waals surface area contributed by atoms with Gasteiger partial charge in [0.15, 0.2) is 0 Å². The minimum atomic E-state index is 0.247. The number of benzene rings is 2. The van der Waals surface area contributed by atoms with E-state index >= 15 is 0 Å². The Labute approximate surface area is 144 Å². The second-order valence-electron chi connectivity index (χ2n) is 5.44. The van der Waals surface area contributed by atoms with Gasteiger partial charge in [0.1, 0.15) is 5.75 Å². The molecule has 0 aliphatic carbocycles. The third-order valence-electron chi connectivity index (χ3n) is 3.45. The fourth-order valence-electron chi connectivity index (χ4n) is 2.11. The van der Waals surface area contributed by atoms with Crippen molar-refractivity contribution >= 4 is 28.4 Å². The molecule has 0 unspecified atom stereocenters. The van der Waals surface area contributed by atoms with Crippen molar-refractivity contribution in [2.45, 2.75) is 0 Å². The molecule has 5 nitrogen and oxygen atoms in total. The maximum Gasteiger partial charge on any atom is 0.203 e. The molecule has 0 saturated carbocycles. The van der Waals surface area contributed by atoms with E-state index in [1.807, 2.05) is 55.9 Å². The third kappa shape index (κ3) is 3.91. The summed E-state index contributed by atoms with van der Waals surface area (Å²) in [6, 6.07) is 15.1. The Hall–Kier alpha value is -2.86. The van der Waals surface area contributed by atoms with Gasteiger partial charge in [-0.15, -0.1) is 11.3 Å². The van der Waals surface area contributed by atoms with Crippen LogP contribution in [0.3, 0.4) is 0 Å². The number of nitrogens with zero attached hydrogens (tertiary/aromatic N) is 3. The molecule has 0 saturated heterocycles. The van der Waals surface area contributed by atoms with Crippen LogP contribution in [0.15, 0.2) is 59.0 Å². The molecule has 3 rings (SSSR count). The highest BCUT2D eigenvalue weighted by molar-refractivity contribution is 7.14. The SMILES string of the molecule is CN(C)c1ccc(/C=N/Nc2nc(-c3ccc(O)cc3)cs2)cc1. The summed E-state index contributed by atoms with van der Waals surface area (Å²) in [7, 11) is 4.03. The number of hydrazone groups is 1. The Morgan fingerprint density at radius 2 is 1.79 bits per heavy atom. The number of aromatic nitrogens is 1. The molecule has 2 aromatic carbocycles. The Balaban J connectivity index is 1.63. The van der Waals surface area contributed by atoms with E-state index in [4.69, 9.17) is 0 Å². The van der Waals surface area contributed by atoms with Crippen LogP contribution in [0.1, 0.15) is 5.56 Å². The molecule has 1 aromatic heterocycles. The average Bonchev–Trinajstić information content (AvgIpc) is 3.05. The van der Waals surface area contributed by atoms with Gasteiger partial charge in [0, 0.05) is 30.7 Å². The molecule has 3 aromatic rings. The normalized spacial score (nSPS) is 10.9. The summed E-state index contributed by atoms with van der Waals surface area (Å²) >= 11 is 1.48. The Kier molecular flexibility index (Phi) is 4.77. The number of phenolic OH excluding ortho intramolecular Hbond substituents is 1.